The molecule has 0 saturated heterocycles. The normalized spacial score (nSPS) is 12.7. The summed E-state index contributed by atoms with van der Waals surface area (Å²) in [6, 6.07) is 0. The summed E-state index contributed by atoms with van der Waals surface area (Å²) in [6.45, 7) is 11.5. The second kappa shape index (κ2) is 12.8. The van der Waals surface area contributed by atoms with Gasteiger partial charge in [0.25, 0.3) is 0 Å². The first-order valence-electron chi connectivity index (χ1n) is 10.6. The number of thiophene rings is 1. The van der Waals surface area contributed by atoms with E-state index >= 15 is 0 Å². The first-order valence-corrected chi connectivity index (χ1v) is 11.4. The molecule has 1 aliphatic rings. The van der Waals surface area contributed by atoms with Crippen LogP contribution in [0.1, 0.15) is 34.7 Å². The van der Waals surface area contributed by atoms with E-state index in [2.05, 4.69) is 23.5 Å². The summed E-state index contributed by atoms with van der Waals surface area (Å²) in [5.41, 5.74) is 9.38. The lowest BCUT2D eigenvalue weighted by Crippen LogP contribution is -2.37. The third-order valence-corrected chi connectivity index (χ3v) is 6.51. The molecule has 0 spiro atoms. The van der Waals surface area contributed by atoms with Crippen LogP contribution in [-0.4, -0.2) is 40.2 Å². The number of imidazole rings is 1. The lowest BCUT2D eigenvalue weighted by Gasteiger charge is -2.27. The summed E-state index contributed by atoms with van der Waals surface area (Å²) < 4.78 is 1.89. The molecule has 0 aliphatic carbocycles. The van der Waals surface area contributed by atoms with Gasteiger partial charge in [0.15, 0.2) is 0 Å². The average Bonchev–Trinajstić information content (AvgIpc) is 3.38. The molecule has 32 heavy (non-hydrogen) atoms. The van der Waals surface area contributed by atoms with E-state index in [1.54, 1.807) is 23.6 Å². The summed E-state index contributed by atoms with van der Waals surface area (Å²) in [5.74, 6) is 1.01. The summed E-state index contributed by atoms with van der Waals surface area (Å²) in [5, 5.41) is 4.35. The molecule has 3 rings (SSSR count). The molecule has 0 radical (unpaired) electrons. The highest BCUT2D eigenvalue weighted by Crippen LogP contribution is 2.36. The van der Waals surface area contributed by atoms with Gasteiger partial charge in [-0.25, -0.2) is 4.98 Å². The number of nitrogens with two attached hydrogens (primary N) is 1. The minimum absolute atomic E-state index is 0.139. The number of hydrogen-bond acceptors (Lipinski definition) is 6. The zero-order valence-corrected chi connectivity index (χ0v) is 19.8. The Labute approximate surface area is 194 Å². The number of amides is 1. The van der Waals surface area contributed by atoms with Crippen LogP contribution in [0.5, 0.6) is 0 Å². The van der Waals surface area contributed by atoms with Gasteiger partial charge in [-0.3, -0.25) is 4.79 Å². The summed E-state index contributed by atoms with van der Waals surface area (Å²) in [4.78, 5) is 29.7. The molecule has 2 aromatic heterocycles. The predicted octanol–water partition coefficient (Wildman–Crippen LogP) is 3.60. The molecule has 172 valence electrons. The van der Waals surface area contributed by atoms with E-state index in [-0.39, 0.29) is 5.91 Å². The van der Waals surface area contributed by atoms with Crippen LogP contribution in [-0.2, 0) is 35.6 Å². The van der Waals surface area contributed by atoms with Gasteiger partial charge in [0.2, 0.25) is 5.91 Å². The summed E-state index contributed by atoms with van der Waals surface area (Å²) in [7, 11) is 1.92. The molecule has 0 bridgehead atoms. The molecule has 1 aliphatic heterocycles. The zero-order valence-electron chi connectivity index (χ0n) is 19.0. The number of anilines is 1. The lowest BCUT2D eigenvalue weighted by molar-refractivity contribution is -0.132. The third-order valence-electron chi connectivity index (χ3n) is 5.23. The molecule has 1 amide bonds. The van der Waals surface area contributed by atoms with E-state index in [1.165, 1.54) is 16.0 Å². The van der Waals surface area contributed by atoms with Crippen molar-refractivity contribution in [1.82, 2.24) is 14.5 Å². The number of aromatic nitrogens is 2. The van der Waals surface area contributed by atoms with Gasteiger partial charge in [0.05, 0.1) is 11.5 Å². The quantitative estimate of drug-likeness (QED) is 0.445. The van der Waals surface area contributed by atoms with Gasteiger partial charge in [-0.1, -0.05) is 37.0 Å². The minimum atomic E-state index is 0.139. The maximum atomic E-state index is 12.5. The minimum Gasteiger partial charge on any atom is -0.380 e. The van der Waals surface area contributed by atoms with E-state index < -0.39 is 0 Å². The first kappa shape index (κ1) is 25.3. The highest BCUT2D eigenvalue weighted by atomic mass is 32.1. The van der Waals surface area contributed by atoms with Gasteiger partial charge in [-0.15, -0.1) is 11.3 Å². The van der Waals surface area contributed by atoms with Gasteiger partial charge in [-0.2, -0.15) is 0 Å². The van der Waals surface area contributed by atoms with Crippen molar-refractivity contribution >= 4 is 28.5 Å². The second-order valence-corrected chi connectivity index (χ2v) is 8.50. The maximum Gasteiger partial charge on any atom is 0.242 e. The van der Waals surface area contributed by atoms with Crippen LogP contribution >= 0.6 is 11.3 Å². The molecular weight excluding hydrogens is 422 g/mol. The molecule has 0 atom stereocenters. The largest absolute Gasteiger partial charge is 0.380 e. The molecule has 0 saturated carbocycles. The fourth-order valence-electron chi connectivity index (χ4n) is 3.45. The Bertz CT molecular complexity index is 973. The highest BCUT2D eigenvalue weighted by molar-refractivity contribution is 7.16. The van der Waals surface area contributed by atoms with Gasteiger partial charge in [0.1, 0.15) is 18.7 Å². The Hall–Kier alpha value is -2.97. The summed E-state index contributed by atoms with van der Waals surface area (Å²) in [6.07, 6.45) is 12.0. The zero-order chi connectivity index (χ0) is 23.5. The Morgan fingerprint density at radius 3 is 2.81 bits per heavy atom. The lowest BCUT2D eigenvalue weighted by atomic mass is 10.0. The molecule has 0 aromatic carbocycles. The number of fused-ring (bicyclic) bond motifs is 1. The highest BCUT2D eigenvalue weighted by Gasteiger charge is 2.26. The van der Waals surface area contributed by atoms with Crippen molar-refractivity contribution in [2.24, 2.45) is 5.73 Å². The van der Waals surface area contributed by atoms with E-state index in [4.69, 9.17) is 5.73 Å². The molecule has 8 heteroatoms. The Kier molecular flexibility index (Phi) is 10.1. The van der Waals surface area contributed by atoms with Crippen molar-refractivity contribution in [3.8, 4) is 0 Å². The average molecular weight is 456 g/mol. The van der Waals surface area contributed by atoms with Crippen molar-refractivity contribution in [1.29, 1.82) is 0 Å². The van der Waals surface area contributed by atoms with Gasteiger partial charge >= 0.3 is 0 Å². The fourth-order valence-corrected chi connectivity index (χ4v) is 4.69. The van der Waals surface area contributed by atoms with Crippen LogP contribution in [0.15, 0.2) is 49.4 Å². The van der Waals surface area contributed by atoms with Gasteiger partial charge in [-0.05, 0) is 25.3 Å². The molecule has 0 unspecified atom stereocenters. The van der Waals surface area contributed by atoms with Crippen molar-refractivity contribution in [2.45, 2.75) is 45.8 Å². The van der Waals surface area contributed by atoms with E-state index in [1.807, 2.05) is 41.8 Å². The van der Waals surface area contributed by atoms with Crippen molar-refractivity contribution in [3.05, 3.63) is 71.2 Å². The topological polar surface area (TPSA) is 93.3 Å². The Morgan fingerprint density at radius 2 is 2.22 bits per heavy atom. The molecule has 2 aromatic rings. The number of carbonyl (C=O) groups is 2. The van der Waals surface area contributed by atoms with Crippen LogP contribution in [0.4, 0.5) is 5.00 Å². The number of nitrogens with one attached hydrogen (secondary N) is 1. The number of allylic oxidation sites excluding steroid dienone is 4. The van der Waals surface area contributed by atoms with Crippen LogP contribution in [0.25, 0.3) is 0 Å². The van der Waals surface area contributed by atoms with E-state index in [9.17, 15) is 9.59 Å². The maximum absolute atomic E-state index is 12.5. The number of hydrogen-bond donors (Lipinski definition) is 2. The number of rotatable bonds is 9. The fraction of sp³-hybridized carbons (Fsp3) is 0.375. The van der Waals surface area contributed by atoms with Gasteiger partial charge in [0, 0.05) is 49.4 Å². The van der Waals surface area contributed by atoms with Crippen LogP contribution in [0, 0.1) is 6.92 Å². The number of carbonyl (C=O) groups excluding carboxylic acids is 2. The Morgan fingerprint density at radius 1 is 1.44 bits per heavy atom. The SMILES string of the molecule is C=C/C=C\C(=C)CCC=O.CNc1sc2c(c1CN)CCN(C(=O)Cn1ccnc1C)C2. The number of aldehydes is 1. The summed E-state index contributed by atoms with van der Waals surface area (Å²) >= 11 is 1.71. The first-order chi connectivity index (χ1) is 15.4. The smallest absolute Gasteiger partial charge is 0.242 e. The number of aryl methyl sites for hydroxylation is 1. The standard InChI is InChI=1S/C15H21N5OS.C9H12O/c1-10-18-4-6-19(10)9-14(21)20-5-3-11-12(7-16)15(17-2)22-13(11)8-20;1-3-4-6-9(2)7-5-8-10/h4,6,17H,3,5,7-9,16H2,1-2H3;3-4,6,8H,1-2,5,7H2/b;6-4-. The molecule has 3 N–H and O–H groups in total. The van der Waals surface area contributed by atoms with Crippen molar-refractivity contribution in [3.63, 3.8) is 0 Å². The molecule has 3 heterocycles. The monoisotopic (exact) mass is 455 g/mol. The Balaban J connectivity index is 0.000000309. The van der Waals surface area contributed by atoms with Gasteiger partial charge < -0.3 is 25.3 Å². The van der Waals surface area contributed by atoms with Crippen molar-refractivity contribution < 1.29 is 9.59 Å². The molecular formula is C24H33N5O2S. The van der Waals surface area contributed by atoms with E-state index in [0.717, 1.165) is 42.1 Å². The predicted molar refractivity (Wildman–Crippen MR) is 132 cm³/mol. The van der Waals surface area contributed by atoms with Crippen LogP contribution in [0.2, 0.25) is 0 Å². The second-order valence-electron chi connectivity index (χ2n) is 7.39. The van der Waals surface area contributed by atoms with E-state index in [0.29, 0.717) is 26.1 Å². The number of nitrogens with zero attached hydrogens (tertiary/aromatic N) is 3. The molecule has 7 nitrogen and oxygen atoms in total. The van der Waals surface area contributed by atoms with Crippen molar-refractivity contribution in [2.75, 3.05) is 18.9 Å². The molecule has 0 fully saturated rings. The third kappa shape index (κ3) is 6.77. The van der Waals surface area contributed by atoms with Crippen LogP contribution < -0.4 is 11.1 Å². The van der Waals surface area contributed by atoms with Crippen LogP contribution in [0.3, 0.4) is 0 Å².